The first kappa shape index (κ1) is 41.8. The van der Waals surface area contributed by atoms with Crippen molar-refractivity contribution in [2.45, 2.75) is 124 Å². The van der Waals surface area contributed by atoms with Gasteiger partial charge in [-0.1, -0.05) is 164 Å². The zero-order chi connectivity index (χ0) is 45.4. The first-order chi connectivity index (χ1) is 31.0. The Morgan fingerprint density at radius 3 is 2.22 bits per heavy atom. The minimum atomic E-state index is -1.67. The summed E-state index contributed by atoms with van der Waals surface area (Å²) in [5.41, 5.74) is 22.8. The average molecular weight is 868 g/mol. The van der Waals surface area contributed by atoms with Gasteiger partial charge >= 0.3 is 0 Å². The van der Waals surface area contributed by atoms with Crippen LogP contribution in [0.2, 0.25) is 19.6 Å². The van der Waals surface area contributed by atoms with E-state index >= 15 is 0 Å². The van der Waals surface area contributed by atoms with Crippen molar-refractivity contribution in [2.75, 3.05) is 0 Å². The van der Waals surface area contributed by atoms with Crippen molar-refractivity contribution in [1.29, 1.82) is 0 Å². The summed E-state index contributed by atoms with van der Waals surface area (Å²) in [5.74, 6) is 2.17. The molecule has 4 heterocycles. The van der Waals surface area contributed by atoms with Crippen molar-refractivity contribution < 1.29 is 9.13 Å². The van der Waals surface area contributed by atoms with Crippen LogP contribution in [-0.4, -0.2) is 12.6 Å². The molecule has 0 bridgehead atoms. The topological polar surface area (TPSA) is 12.7 Å². The molecule has 0 saturated heterocycles. The summed E-state index contributed by atoms with van der Waals surface area (Å²) in [7, 11) is -1.67. The smallest absolute Gasteiger partial charge is 0.195 e. The molecule has 4 heteroatoms. The number of aromatic nitrogens is 3. The van der Waals surface area contributed by atoms with Crippen molar-refractivity contribution in [1.82, 2.24) is 4.57 Å². The van der Waals surface area contributed by atoms with Crippen molar-refractivity contribution in [2.24, 2.45) is 0 Å². The summed E-state index contributed by atoms with van der Waals surface area (Å²) < 4.78 is 7.99. The summed E-state index contributed by atoms with van der Waals surface area (Å²) in [4.78, 5) is 0. The normalized spacial score (nSPS) is 17.4. The van der Waals surface area contributed by atoms with E-state index in [9.17, 15) is 0 Å². The molecule has 3 nitrogen and oxygen atoms in total. The predicted octanol–water partition coefficient (Wildman–Crippen LogP) is 14.6. The Labute approximate surface area is 388 Å². The highest BCUT2D eigenvalue weighted by Crippen LogP contribution is 2.54. The Morgan fingerprint density at radius 1 is 0.754 bits per heavy atom. The van der Waals surface area contributed by atoms with Gasteiger partial charge in [-0.2, -0.15) is 13.7 Å². The molecule has 0 amide bonds. The molecule has 3 aliphatic rings. The van der Waals surface area contributed by atoms with Gasteiger partial charge in [0.15, 0.2) is 23.3 Å². The fraction of sp³-hybridized carbons (Fsp3) is 0.311. The summed E-state index contributed by atoms with van der Waals surface area (Å²) in [6.45, 7) is 31.6. The van der Waals surface area contributed by atoms with Crippen LogP contribution in [0.4, 0.5) is 0 Å². The second-order valence-corrected chi connectivity index (χ2v) is 27.0. The van der Waals surface area contributed by atoms with Gasteiger partial charge in [-0.3, -0.25) is 0 Å². The van der Waals surface area contributed by atoms with Crippen LogP contribution in [0, 0.1) is 13.8 Å². The summed E-state index contributed by atoms with van der Waals surface area (Å²) >= 11 is 0. The zero-order valence-electron chi connectivity index (χ0n) is 40.5. The minimum Gasteiger partial charge on any atom is -0.195 e. The van der Waals surface area contributed by atoms with Gasteiger partial charge in [-0.25, -0.2) is 0 Å². The first-order valence-electron chi connectivity index (χ1n) is 24.3. The van der Waals surface area contributed by atoms with Crippen LogP contribution >= 0.6 is 0 Å². The molecule has 0 radical (unpaired) electrons. The molecule has 2 aromatic heterocycles. The Balaban J connectivity index is 1.26. The number of aryl methyl sites for hydroxylation is 3. The molecule has 2 unspecified atom stereocenters. The third-order valence-electron chi connectivity index (χ3n) is 15.7. The van der Waals surface area contributed by atoms with E-state index in [1.54, 1.807) is 0 Å². The van der Waals surface area contributed by atoms with Crippen molar-refractivity contribution in [3.05, 3.63) is 173 Å². The lowest BCUT2D eigenvalue weighted by Gasteiger charge is -2.33. The summed E-state index contributed by atoms with van der Waals surface area (Å²) in [5, 5.41) is 4.15. The number of hydrogen-bond donors (Lipinski definition) is 0. The maximum absolute atomic E-state index is 5.22. The summed E-state index contributed by atoms with van der Waals surface area (Å²) in [6.07, 6.45) is 5.38. The highest BCUT2D eigenvalue weighted by Gasteiger charge is 2.46. The monoisotopic (exact) mass is 867 g/mol. The molecule has 326 valence electrons. The van der Waals surface area contributed by atoms with E-state index in [4.69, 9.17) is 6.58 Å². The molecular weight excluding hydrogens is 803 g/mol. The maximum atomic E-state index is 5.22. The third-order valence-corrected chi connectivity index (χ3v) is 17.7. The SMILES string of the molecule is C=C1CC2C(CCc3cc4c(cc3-c3n(-c5c(C(C)C)cccc5C(C)C)c5ccccc5[n+]31)-c1cc(C)cc(C)c1C4(C)C)c1ccc3ccccc3c1-c1ccc([Si](C)(C)C)c[n+]12. The van der Waals surface area contributed by atoms with Gasteiger partial charge in [0.2, 0.25) is 5.69 Å². The van der Waals surface area contributed by atoms with E-state index < -0.39 is 8.07 Å². The van der Waals surface area contributed by atoms with Gasteiger partial charge in [0.05, 0.1) is 25.6 Å². The van der Waals surface area contributed by atoms with Gasteiger partial charge in [0, 0.05) is 33.7 Å². The second-order valence-electron chi connectivity index (χ2n) is 22.0. The Morgan fingerprint density at radius 2 is 1.48 bits per heavy atom. The highest BCUT2D eigenvalue weighted by atomic mass is 28.3. The van der Waals surface area contributed by atoms with E-state index in [0.717, 1.165) is 25.0 Å². The molecule has 0 fully saturated rings. The van der Waals surface area contributed by atoms with Crippen LogP contribution in [0.3, 0.4) is 0 Å². The fourth-order valence-electron chi connectivity index (χ4n) is 12.6. The molecule has 8 aromatic rings. The lowest BCUT2D eigenvalue weighted by molar-refractivity contribution is -0.719. The molecule has 1 aliphatic carbocycles. The quantitative estimate of drug-likeness (QED) is 0.123. The number of allylic oxidation sites excluding steroid dienone is 1. The Bertz CT molecular complexity index is 3290. The number of para-hydroxylation sites is 3. The molecule has 6 aromatic carbocycles. The molecule has 11 rings (SSSR count). The zero-order valence-corrected chi connectivity index (χ0v) is 41.5. The van der Waals surface area contributed by atoms with Crippen LogP contribution in [0.15, 0.2) is 128 Å². The molecule has 2 aliphatic heterocycles. The predicted molar refractivity (Wildman–Crippen MR) is 277 cm³/mol. The first-order valence-corrected chi connectivity index (χ1v) is 27.8. The van der Waals surface area contributed by atoms with E-state index in [0.29, 0.717) is 11.8 Å². The molecule has 0 spiro atoms. The van der Waals surface area contributed by atoms with Gasteiger partial charge in [0.1, 0.15) is 11.4 Å². The van der Waals surface area contributed by atoms with Crippen molar-refractivity contribution in [3.8, 4) is 39.5 Å². The Kier molecular flexibility index (Phi) is 9.55. The molecule has 2 atom stereocenters. The minimum absolute atomic E-state index is 0.130. The number of benzene rings is 6. The highest BCUT2D eigenvalue weighted by molar-refractivity contribution is 6.88. The van der Waals surface area contributed by atoms with Gasteiger partial charge in [-0.15, -0.1) is 0 Å². The molecule has 0 N–H and O–H groups in total. The second kappa shape index (κ2) is 14.8. The van der Waals surface area contributed by atoms with Crippen molar-refractivity contribution in [3.63, 3.8) is 0 Å². The standard InChI is InChI=1S/C61H65N3Si/c1-36(2)44-20-17-21-45(37(3)4)59(44)64-54-23-16-15-22-53(54)63-40(7)32-56-47(48-28-24-41-18-13-14-19-46(41)57(48)55-29-26-43(35-62(55)56)65(10,11)12)27-25-42-33-52-50(34-49(42)60(63)64)51-31-38(5)30-39(6)58(51)61(52,8)9/h13-24,26,28-31,33-37,47,56H,7,25,27,32H2,1-6,8-12H3/q+2. The van der Waals surface area contributed by atoms with Crippen molar-refractivity contribution >= 4 is 40.8 Å². The van der Waals surface area contributed by atoms with E-state index in [1.807, 2.05) is 0 Å². The van der Waals surface area contributed by atoms with Crippen LogP contribution in [0.5, 0.6) is 0 Å². The lowest BCUT2D eigenvalue weighted by atomic mass is 9.75. The molecule has 65 heavy (non-hydrogen) atoms. The maximum Gasteiger partial charge on any atom is 0.300 e. The third kappa shape index (κ3) is 6.26. The van der Waals surface area contributed by atoms with E-state index in [2.05, 4.69) is 210 Å². The lowest BCUT2D eigenvalue weighted by Crippen LogP contribution is -2.53. The number of fused-ring (bicyclic) bond motifs is 16. The van der Waals surface area contributed by atoms with Crippen LogP contribution < -0.4 is 14.3 Å². The van der Waals surface area contributed by atoms with E-state index in [-0.39, 0.29) is 17.4 Å². The largest absolute Gasteiger partial charge is 0.300 e. The molecule has 0 saturated carbocycles. The number of nitrogens with zero attached hydrogens (tertiary/aromatic N) is 3. The van der Waals surface area contributed by atoms with Crippen LogP contribution in [-0.2, 0) is 11.8 Å². The van der Waals surface area contributed by atoms with Gasteiger partial charge < -0.3 is 0 Å². The summed E-state index contributed by atoms with van der Waals surface area (Å²) in [6, 6.07) is 45.3. The average Bonchev–Trinajstić information content (AvgIpc) is 3.72. The number of rotatable bonds is 4. The van der Waals surface area contributed by atoms with Crippen LogP contribution in [0.25, 0.3) is 67.0 Å². The van der Waals surface area contributed by atoms with E-state index in [1.165, 1.54) is 111 Å². The van der Waals surface area contributed by atoms with Crippen LogP contribution in [0.1, 0.15) is 123 Å². The fourth-order valence-corrected chi connectivity index (χ4v) is 13.7. The Hall–Kier alpha value is -5.84. The number of imidazole rings is 1. The van der Waals surface area contributed by atoms with Gasteiger partial charge in [0.25, 0.3) is 5.82 Å². The number of hydrogen-bond acceptors (Lipinski definition) is 0. The molecular formula is C61H65N3Si+2. The number of pyridine rings is 1. The van der Waals surface area contributed by atoms with Gasteiger partial charge in [-0.05, 0) is 106 Å².